The van der Waals surface area contributed by atoms with E-state index in [-0.39, 0.29) is 5.95 Å². The quantitative estimate of drug-likeness (QED) is 0.753. The normalized spacial score (nSPS) is 10.9. The Labute approximate surface area is 128 Å². The fourth-order valence-electron chi connectivity index (χ4n) is 2.52. The van der Waals surface area contributed by atoms with E-state index in [4.69, 9.17) is 16.2 Å². The lowest BCUT2D eigenvalue weighted by Crippen LogP contribution is -2.01. The van der Waals surface area contributed by atoms with E-state index >= 15 is 0 Å². The van der Waals surface area contributed by atoms with Crippen LogP contribution in [0, 0.1) is 13.8 Å². The number of methoxy groups -OCH3 is 1. The van der Waals surface area contributed by atoms with Gasteiger partial charge in [-0.15, -0.1) is 0 Å². The van der Waals surface area contributed by atoms with Gasteiger partial charge in [-0.3, -0.25) is 0 Å². The third-order valence-electron chi connectivity index (χ3n) is 3.67. The van der Waals surface area contributed by atoms with Crippen LogP contribution in [0.4, 0.5) is 11.8 Å². The number of nitrogen functional groups attached to an aromatic ring is 2. The topological polar surface area (TPSA) is 99.9 Å². The number of ether oxygens (including phenoxy) is 1. The Bertz CT molecular complexity index is 876. The molecule has 3 aromatic rings. The molecule has 0 saturated carbocycles. The van der Waals surface area contributed by atoms with E-state index < -0.39 is 0 Å². The van der Waals surface area contributed by atoms with Gasteiger partial charge in [0.15, 0.2) is 0 Å². The van der Waals surface area contributed by atoms with Crippen LogP contribution in [-0.2, 0) is 0 Å². The van der Waals surface area contributed by atoms with Crippen molar-refractivity contribution in [2.45, 2.75) is 13.8 Å². The third kappa shape index (κ3) is 2.28. The van der Waals surface area contributed by atoms with Crippen LogP contribution in [0.2, 0.25) is 0 Å². The zero-order valence-corrected chi connectivity index (χ0v) is 12.7. The number of hydrogen-bond donors (Lipinski definition) is 2. The minimum Gasteiger partial charge on any atom is -0.481 e. The van der Waals surface area contributed by atoms with Crippen LogP contribution in [0.15, 0.2) is 24.4 Å². The molecule has 0 spiro atoms. The Morgan fingerprint density at radius 1 is 0.955 bits per heavy atom. The van der Waals surface area contributed by atoms with Crippen LogP contribution in [-0.4, -0.2) is 22.1 Å². The van der Waals surface area contributed by atoms with Gasteiger partial charge >= 0.3 is 0 Å². The first-order valence-electron chi connectivity index (χ1n) is 6.84. The highest BCUT2D eigenvalue weighted by atomic mass is 16.5. The van der Waals surface area contributed by atoms with Crippen molar-refractivity contribution < 1.29 is 4.74 Å². The fraction of sp³-hybridized carbons (Fsp3) is 0.188. The molecule has 0 fully saturated rings. The molecule has 0 radical (unpaired) electrons. The van der Waals surface area contributed by atoms with E-state index in [0.717, 1.165) is 33.2 Å². The van der Waals surface area contributed by atoms with E-state index in [2.05, 4.69) is 15.0 Å². The second-order valence-corrected chi connectivity index (χ2v) is 5.19. The number of rotatable bonds is 2. The van der Waals surface area contributed by atoms with Crippen LogP contribution in [0.3, 0.4) is 0 Å². The number of benzene rings is 1. The van der Waals surface area contributed by atoms with Gasteiger partial charge in [0, 0.05) is 17.6 Å². The maximum Gasteiger partial charge on any atom is 0.222 e. The molecule has 0 aliphatic carbocycles. The van der Waals surface area contributed by atoms with Crippen molar-refractivity contribution in [2.75, 3.05) is 18.6 Å². The summed E-state index contributed by atoms with van der Waals surface area (Å²) >= 11 is 0. The fourth-order valence-corrected chi connectivity index (χ4v) is 2.52. The molecule has 3 rings (SSSR count). The van der Waals surface area contributed by atoms with Gasteiger partial charge in [0.1, 0.15) is 5.82 Å². The molecule has 2 aromatic heterocycles. The molecule has 6 heteroatoms. The molecular weight excluding hydrogens is 278 g/mol. The summed E-state index contributed by atoms with van der Waals surface area (Å²) in [5.74, 6) is 1.13. The summed E-state index contributed by atoms with van der Waals surface area (Å²) in [5.41, 5.74) is 16.6. The number of anilines is 2. The average molecular weight is 295 g/mol. The van der Waals surface area contributed by atoms with Crippen molar-refractivity contribution in [1.82, 2.24) is 15.0 Å². The van der Waals surface area contributed by atoms with E-state index in [1.807, 2.05) is 32.0 Å². The van der Waals surface area contributed by atoms with Crippen molar-refractivity contribution in [1.29, 1.82) is 0 Å². The summed E-state index contributed by atoms with van der Waals surface area (Å²) in [6.07, 6.45) is 1.79. The van der Waals surface area contributed by atoms with Crippen LogP contribution in [0.1, 0.15) is 11.1 Å². The van der Waals surface area contributed by atoms with Gasteiger partial charge in [0.25, 0.3) is 0 Å². The molecule has 2 heterocycles. The molecule has 0 unspecified atom stereocenters. The molecule has 0 bridgehead atoms. The van der Waals surface area contributed by atoms with Gasteiger partial charge in [0.2, 0.25) is 11.8 Å². The van der Waals surface area contributed by atoms with Crippen LogP contribution < -0.4 is 16.2 Å². The highest BCUT2D eigenvalue weighted by Gasteiger charge is 2.12. The first kappa shape index (κ1) is 14.1. The van der Waals surface area contributed by atoms with E-state index in [1.165, 1.54) is 0 Å². The zero-order chi connectivity index (χ0) is 15.9. The number of hydrogen-bond acceptors (Lipinski definition) is 6. The molecule has 1 aromatic carbocycles. The van der Waals surface area contributed by atoms with Gasteiger partial charge in [-0.2, -0.15) is 4.98 Å². The lowest BCUT2D eigenvalue weighted by molar-refractivity contribution is 0.398. The first-order chi connectivity index (χ1) is 10.5. The number of pyridine rings is 1. The summed E-state index contributed by atoms with van der Waals surface area (Å²) in [4.78, 5) is 12.5. The van der Waals surface area contributed by atoms with Gasteiger partial charge in [-0.05, 0) is 48.2 Å². The van der Waals surface area contributed by atoms with E-state index in [1.54, 1.807) is 13.3 Å². The largest absolute Gasteiger partial charge is 0.481 e. The molecule has 4 N–H and O–H groups in total. The van der Waals surface area contributed by atoms with Crippen LogP contribution in [0.25, 0.3) is 22.0 Å². The van der Waals surface area contributed by atoms with Crippen molar-refractivity contribution >= 4 is 22.7 Å². The molecule has 6 nitrogen and oxygen atoms in total. The molecule has 0 amide bonds. The van der Waals surface area contributed by atoms with Gasteiger partial charge < -0.3 is 16.2 Å². The lowest BCUT2D eigenvalue weighted by Gasteiger charge is -2.12. The summed E-state index contributed by atoms with van der Waals surface area (Å²) in [5, 5.41) is 0.800. The SMILES string of the molecule is COc1cc(-c2cc3nc(N)nc(N)c3cc2C)c(C)cn1. The van der Waals surface area contributed by atoms with Gasteiger partial charge in [-0.1, -0.05) is 0 Å². The summed E-state index contributed by atoms with van der Waals surface area (Å²) in [6.45, 7) is 4.03. The molecule has 0 saturated heterocycles. The minimum atomic E-state index is 0.170. The van der Waals surface area contributed by atoms with Crippen molar-refractivity contribution in [3.63, 3.8) is 0 Å². The Morgan fingerprint density at radius 3 is 2.41 bits per heavy atom. The second kappa shape index (κ2) is 5.14. The zero-order valence-electron chi connectivity index (χ0n) is 12.7. The predicted molar refractivity (Wildman–Crippen MR) is 87.6 cm³/mol. The van der Waals surface area contributed by atoms with Crippen molar-refractivity contribution in [3.05, 3.63) is 35.5 Å². The molecule has 0 aliphatic heterocycles. The Hall–Kier alpha value is -2.89. The summed E-state index contributed by atoms with van der Waals surface area (Å²) < 4.78 is 5.22. The monoisotopic (exact) mass is 295 g/mol. The number of aromatic nitrogens is 3. The first-order valence-corrected chi connectivity index (χ1v) is 6.84. The second-order valence-electron chi connectivity index (χ2n) is 5.19. The van der Waals surface area contributed by atoms with Crippen molar-refractivity contribution in [3.8, 4) is 17.0 Å². The smallest absolute Gasteiger partial charge is 0.222 e. The molecule has 0 aliphatic rings. The van der Waals surface area contributed by atoms with E-state index in [9.17, 15) is 0 Å². The number of aryl methyl sites for hydroxylation is 2. The molecular formula is C16H17N5O. The third-order valence-corrected chi connectivity index (χ3v) is 3.67. The Kier molecular flexibility index (Phi) is 3.29. The number of fused-ring (bicyclic) bond motifs is 1. The maximum absolute atomic E-state index is 5.93. The Balaban J connectivity index is 2.29. The maximum atomic E-state index is 5.93. The highest BCUT2D eigenvalue weighted by molar-refractivity contribution is 5.93. The molecule has 22 heavy (non-hydrogen) atoms. The number of nitrogens with two attached hydrogens (primary N) is 2. The minimum absolute atomic E-state index is 0.170. The van der Waals surface area contributed by atoms with Crippen LogP contribution in [0.5, 0.6) is 5.88 Å². The number of nitrogens with zero attached hydrogens (tertiary/aromatic N) is 3. The average Bonchev–Trinajstić information content (AvgIpc) is 2.48. The lowest BCUT2D eigenvalue weighted by atomic mass is 9.96. The van der Waals surface area contributed by atoms with Crippen LogP contribution >= 0.6 is 0 Å². The van der Waals surface area contributed by atoms with Gasteiger partial charge in [0.05, 0.1) is 12.6 Å². The van der Waals surface area contributed by atoms with Gasteiger partial charge in [-0.25, -0.2) is 9.97 Å². The Morgan fingerprint density at radius 2 is 1.68 bits per heavy atom. The summed E-state index contributed by atoms with van der Waals surface area (Å²) in [6, 6.07) is 5.87. The van der Waals surface area contributed by atoms with E-state index in [0.29, 0.717) is 11.7 Å². The standard InChI is InChI=1S/C16H17N5O/c1-8-4-12-13(20-16(18)21-15(12)17)5-10(8)11-6-14(22-3)19-7-9(11)2/h4-7H,1-3H3,(H4,17,18,20,21). The molecule has 0 atom stereocenters. The highest BCUT2D eigenvalue weighted by Crippen LogP contribution is 2.32. The predicted octanol–water partition coefficient (Wildman–Crippen LogP) is 2.48. The molecule has 112 valence electrons. The van der Waals surface area contributed by atoms with Crippen molar-refractivity contribution in [2.24, 2.45) is 0 Å². The summed E-state index contributed by atoms with van der Waals surface area (Å²) in [7, 11) is 1.60.